The predicted molar refractivity (Wildman–Crippen MR) is 51.4 cm³/mol. The minimum absolute atomic E-state index is 0.103. The van der Waals surface area contributed by atoms with Crippen molar-refractivity contribution in [1.29, 1.82) is 0 Å². The lowest BCUT2D eigenvalue weighted by molar-refractivity contribution is 0.204. The molecular weight excluding hydrogens is 244 g/mol. The van der Waals surface area contributed by atoms with Crippen LogP contribution >= 0.6 is 27.3 Å². The van der Waals surface area contributed by atoms with Crippen LogP contribution in [0.3, 0.4) is 0 Å². The summed E-state index contributed by atoms with van der Waals surface area (Å²) in [6.45, 7) is -0.207. The van der Waals surface area contributed by atoms with Crippen molar-refractivity contribution in [2.24, 2.45) is 0 Å². The molecule has 1 aromatic heterocycles. The van der Waals surface area contributed by atoms with Gasteiger partial charge in [-0.25, -0.2) is 4.98 Å². The van der Waals surface area contributed by atoms with Gasteiger partial charge < -0.3 is 15.5 Å². The van der Waals surface area contributed by atoms with Crippen LogP contribution in [0.5, 0.6) is 0 Å². The molecule has 4 nitrogen and oxygen atoms in total. The second-order valence-corrected chi connectivity index (χ2v) is 3.85. The molecule has 0 atom stereocenters. The number of halogens is 1. The van der Waals surface area contributed by atoms with Crippen LogP contribution in [0.25, 0.3) is 0 Å². The van der Waals surface area contributed by atoms with E-state index < -0.39 is 0 Å². The maximum absolute atomic E-state index is 8.74. The highest BCUT2D eigenvalue weighted by atomic mass is 79.9. The molecule has 0 radical (unpaired) electrons. The number of aliphatic hydroxyl groups excluding tert-OH is 2. The normalized spacial score (nSPS) is 10.7. The number of hydrogen-bond donors (Lipinski definition) is 3. The SMILES string of the molecule is OCC(CO)Nc1nc(Br)cs1. The van der Waals surface area contributed by atoms with Crippen LogP contribution < -0.4 is 5.32 Å². The summed E-state index contributed by atoms with van der Waals surface area (Å²) in [6.07, 6.45) is 0. The highest BCUT2D eigenvalue weighted by Gasteiger charge is 2.07. The Morgan fingerprint density at radius 2 is 2.25 bits per heavy atom. The quantitative estimate of drug-likeness (QED) is 0.738. The number of hydrogen-bond acceptors (Lipinski definition) is 5. The lowest BCUT2D eigenvalue weighted by Crippen LogP contribution is -2.27. The summed E-state index contributed by atoms with van der Waals surface area (Å²) in [6, 6.07) is -0.331. The van der Waals surface area contributed by atoms with Gasteiger partial charge in [-0.2, -0.15) is 0 Å². The molecule has 68 valence electrons. The maximum atomic E-state index is 8.74. The standard InChI is InChI=1S/C6H9BrN2O2S/c7-5-3-12-6(9-5)8-4(1-10)2-11/h3-4,10-11H,1-2H2,(H,8,9). The predicted octanol–water partition coefficient (Wildman–Crippen LogP) is 0.671. The van der Waals surface area contributed by atoms with E-state index in [4.69, 9.17) is 10.2 Å². The van der Waals surface area contributed by atoms with E-state index in [2.05, 4.69) is 26.2 Å². The third kappa shape index (κ3) is 2.71. The van der Waals surface area contributed by atoms with Crippen molar-refractivity contribution in [3.05, 3.63) is 9.98 Å². The van der Waals surface area contributed by atoms with Gasteiger partial charge in [0.2, 0.25) is 0 Å². The van der Waals surface area contributed by atoms with E-state index in [0.717, 1.165) is 4.60 Å². The van der Waals surface area contributed by atoms with Crippen molar-refractivity contribution in [2.75, 3.05) is 18.5 Å². The summed E-state index contributed by atoms with van der Waals surface area (Å²) in [5.74, 6) is 0. The summed E-state index contributed by atoms with van der Waals surface area (Å²) in [5, 5.41) is 22.9. The average molecular weight is 253 g/mol. The van der Waals surface area contributed by atoms with E-state index in [1.807, 2.05) is 5.38 Å². The van der Waals surface area contributed by atoms with Crippen LogP contribution in [-0.2, 0) is 0 Å². The molecule has 12 heavy (non-hydrogen) atoms. The van der Waals surface area contributed by atoms with Crippen molar-refractivity contribution < 1.29 is 10.2 Å². The Kier molecular flexibility index (Phi) is 3.93. The molecule has 0 unspecified atom stereocenters. The van der Waals surface area contributed by atoms with Crippen LogP contribution in [0.1, 0.15) is 0 Å². The Morgan fingerprint density at radius 1 is 1.58 bits per heavy atom. The van der Waals surface area contributed by atoms with Crippen molar-refractivity contribution in [3.8, 4) is 0 Å². The molecule has 1 heterocycles. The number of nitrogens with zero attached hydrogens (tertiary/aromatic N) is 1. The smallest absolute Gasteiger partial charge is 0.184 e. The third-order valence-corrected chi connectivity index (χ3v) is 2.73. The lowest BCUT2D eigenvalue weighted by Gasteiger charge is -2.10. The molecule has 0 fully saturated rings. The molecule has 0 aliphatic carbocycles. The van der Waals surface area contributed by atoms with Crippen LogP contribution in [0.4, 0.5) is 5.13 Å². The molecule has 0 bridgehead atoms. The van der Waals surface area contributed by atoms with Gasteiger partial charge in [-0.15, -0.1) is 11.3 Å². The Bertz CT molecular complexity index is 239. The first-order valence-electron chi connectivity index (χ1n) is 3.35. The van der Waals surface area contributed by atoms with Gasteiger partial charge >= 0.3 is 0 Å². The van der Waals surface area contributed by atoms with Crippen LogP contribution in [0, 0.1) is 0 Å². The molecule has 3 N–H and O–H groups in total. The maximum Gasteiger partial charge on any atom is 0.184 e. The van der Waals surface area contributed by atoms with Crippen LogP contribution in [0.2, 0.25) is 0 Å². The first-order valence-corrected chi connectivity index (χ1v) is 5.02. The molecule has 0 aliphatic heterocycles. The van der Waals surface area contributed by atoms with E-state index in [1.165, 1.54) is 11.3 Å². The second kappa shape index (κ2) is 4.76. The average Bonchev–Trinajstić information content (AvgIpc) is 2.47. The zero-order chi connectivity index (χ0) is 8.97. The largest absolute Gasteiger partial charge is 0.394 e. The minimum atomic E-state index is -0.331. The van der Waals surface area contributed by atoms with Gasteiger partial charge in [0.1, 0.15) is 4.60 Å². The first-order chi connectivity index (χ1) is 5.76. The number of nitrogens with one attached hydrogen (secondary N) is 1. The lowest BCUT2D eigenvalue weighted by atomic mass is 10.3. The number of rotatable bonds is 4. The molecule has 0 amide bonds. The van der Waals surface area contributed by atoms with Crippen molar-refractivity contribution >= 4 is 32.4 Å². The van der Waals surface area contributed by atoms with Crippen molar-refractivity contribution in [2.45, 2.75) is 6.04 Å². The molecule has 1 rings (SSSR count). The fraction of sp³-hybridized carbons (Fsp3) is 0.500. The molecule has 0 aromatic carbocycles. The molecule has 6 heteroatoms. The van der Waals surface area contributed by atoms with E-state index in [-0.39, 0.29) is 19.3 Å². The number of aromatic nitrogens is 1. The van der Waals surface area contributed by atoms with E-state index in [1.54, 1.807) is 0 Å². The van der Waals surface area contributed by atoms with Gasteiger partial charge in [-0.05, 0) is 15.9 Å². The summed E-state index contributed by atoms with van der Waals surface area (Å²) < 4.78 is 0.754. The van der Waals surface area contributed by atoms with E-state index >= 15 is 0 Å². The zero-order valence-corrected chi connectivity index (χ0v) is 8.60. The van der Waals surface area contributed by atoms with Crippen molar-refractivity contribution in [3.63, 3.8) is 0 Å². The summed E-state index contributed by atoms with van der Waals surface area (Å²) in [4.78, 5) is 4.05. The number of anilines is 1. The van der Waals surface area contributed by atoms with Gasteiger partial charge in [-0.3, -0.25) is 0 Å². The Labute approximate surface area is 82.4 Å². The molecule has 1 aromatic rings. The fourth-order valence-corrected chi connectivity index (χ4v) is 1.87. The zero-order valence-electron chi connectivity index (χ0n) is 6.20. The monoisotopic (exact) mass is 252 g/mol. The molecule has 0 spiro atoms. The van der Waals surface area contributed by atoms with E-state index in [0.29, 0.717) is 5.13 Å². The Hall–Kier alpha value is -0.170. The van der Waals surface area contributed by atoms with Gasteiger partial charge in [0.25, 0.3) is 0 Å². The second-order valence-electron chi connectivity index (χ2n) is 2.18. The summed E-state index contributed by atoms with van der Waals surface area (Å²) in [7, 11) is 0. The van der Waals surface area contributed by atoms with Crippen LogP contribution in [0.15, 0.2) is 9.98 Å². The fourth-order valence-electron chi connectivity index (χ4n) is 0.644. The van der Waals surface area contributed by atoms with Gasteiger partial charge in [0.15, 0.2) is 5.13 Å². The molecule has 0 aliphatic rings. The number of aliphatic hydroxyl groups is 2. The summed E-state index contributed by atoms with van der Waals surface area (Å²) in [5.41, 5.74) is 0. The number of thiazole rings is 1. The van der Waals surface area contributed by atoms with Gasteiger partial charge in [0, 0.05) is 5.38 Å². The molecule has 0 saturated carbocycles. The highest BCUT2D eigenvalue weighted by molar-refractivity contribution is 9.10. The topological polar surface area (TPSA) is 65.4 Å². The first kappa shape index (κ1) is 9.91. The third-order valence-electron chi connectivity index (χ3n) is 1.24. The highest BCUT2D eigenvalue weighted by Crippen LogP contribution is 2.19. The Balaban J connectivity index is 2.50. The van der Waals surface area contributed by atoms with Crippen molar-refractivity contribution in [1.82, 2.24) is 4.98 Å². The minimum Gasteiger partial charge on any atom is -0.394 e. The van der Waals surface area contributed by atoms with E-state index in [9.17, 15) is 0 Å². The van der Waals surface area contributed by atoms with Crippen LogP contribution in [-0.4, -0.2) is 34.5 Å². The van der Waals surface area contributed by atoms with Gasteiger partial charge in [-0.1, -0.05) is 0 Å². The Morgan fingerprint density at radius 3 is 2.67 bits per heavy atom. The van der Waals surface area contributed by atoms with Gasteiger partial charge in [0.05, 0.1) is 19.3 Å². The molecule has 0 saturated heterocycles. The molecular formula is C6H9BrN2O2S. The summed E-state index contributed by atoms with van der Waals surface area (Å²) >= 11 is 4.62.